The number of hydrogen-bond acceptors (Lipinski definition) is 6. The highest BCUT2D eigenvalue weighted by atomic mass is 32.2. The fraction of sp³-hybridized carbons (Fsp3) is 0.235. The Morgan fingerprint density at radius 3 is 2.50 bits per heavy atom. The van der Waals surface area contributed by atoms with Gasteiger partial charge in [-0.2, -0.15) is 13.2 Å². The molecule has 0 fully saturated rings. The maximum atomic E-state index is 12.6. The van der Waals surface area contributed by atoms with Gasteiger partial charge in [0, 0.05) is 17.5 Å². The summed E-state index contributed by atoms with van der Waals surface area (Å²) in [7, 11) is -3.77. The smallest absolute Gasteiger partial charge is 0.351 e. The minimum Gasteiger partial charge on any atom is -0.351 e. The first-order valence-electron chi connectivity index (χ1n) is 7.96. The van der Waals surface area contributed by atoms with E-state index in [9.17, 15) is 21.6 Å². The van der Waals surface area contributed by atoms with Gasteiger partial charge in [-0.3, -0.25) is 0 Å². The van der Waals surface area contributed by atoms with Gasteiger partial charge in [0.1, 0.15) is 9.90 Å². The third-order valence-electron chi connectivity index (χ3n) is 3.75. The van der Waals surface area contributed by atoms with Crippen LogP contribution in [0.1, 0.15) is 11.3 Å². The van der Waals surface area contributed by atoms with Crippen LogP contribution in [0.2, 0.25) is 0 Å². The topological polar surface area (TPSA) is 72.2 Å². The molecule has 0 spiro atoms. The minimum absolute atomic E-state index is 0.00297. The SMILES string of the molecule is CSc1ccc(CCNS(=O)(=O)c2ccc(-c3cc(C(F)(F)F)on3)s2)cc1. The molecule has 5 nitrogen and oxygen atoms in total. The van der Waals surface area contributed by atoms with E-state index >= 15 is 0 Å². The quantitative estimate of drug-likeness (QED) is 0.532. The van der Waals surface area contributed by atoms with Crippen LogP contribution in [0, 0.1) is 0 Å². The number of nitrogens with one attached hydrogen (secondary N) is 1. The molecule has 0 aliphatic carbocycles. The van der Waals surface area contributed by atoms with Crippen LogP contribution in [0.15, 0.2) is 56.1 Å². The van der Waals surface area contributed by atoms with Crippen LogP contribution in [-0.2, 0) is 22.6 Å². The van der Waals surface area contributed by atoms with E-state index in [-0.39, 0.29) is 21.3 Å². The summed E-state index contributed by atoms with van der Waals surface area (Å²) in [4.78, 5) is 1.39. The molecule has 0 atom stereocenters. The summed E-state index contributed by atoms with van der Waals surface area (Å²) in [5, 5.41) is 3.36. The monoisotopic (exact) mass is 448 g/mol. The van der Waals surface area contributed by atoms with E-state index in [1.807, 2.05) is 30.5 Å². The molecule has 3 rings (SSSR count). The molecule has 3 aromatic rings. The van der Waals surface area contributed by atoms with Gasteiger partial charge in [0.2, 0.25) is 15.8 Å². The number of alkyl halides is 3. The maximum Gasteiger partial charge on any atom is 0.452 e. The molecule has 0 aliphatic rings. The zero-order valence-corrected chi connectivity index (χ0v) is 16.9. The summed E-state index contributed by atoms with van der Waals surface area (Å²) in [6, 6.07) is 11.3. The van der Waals surface area contributed by atoms with Gasteiger partial charge < -0.3 is 4.52 Å². The van der Waals surface area contributed by atoms with Crippen molar-refractivity contribution in [2.45, 2.75) is 21.7 Å². The number of benzene rings is 1. The molecule has 0 amide bonds. The minimum atomic E-state index is -4.65. The van der Waals surface area contributed by atoms with E-state index in [0.717, 1.165) is 27.9 Å². The van der Waals surface area contributed by atoms with E-state index in [1.165, 1.54) is 12.1 Å². The van der Waals surface area contributed by atoms with Crippen LogP contribution in [0.3, 0.4) is 0 Å². The van der Waals surface area contributed by atoms with Gasteiger partial charge in [-0.25, -0.2) is 13.1 Å². The molecule has 0 unspecified atom stereocenters. The van der Waals surface area contributed by atoms with Gasteiger partial charge in [0.05, 0.1) is 4.88 Å². The summed E-state index contributed by atoms with van der Waals surface area (Å²) in [5.41, 5.74) is 0.933. The lowest BCUT2D eigenvalue weighted by Gasteiger charge is -2.05. The van der Waals surface area contributed by atoms with Crippen molar-refractivity contribution in [1.29, 1.82) is 0 Å². The highest BCUT2D eigenvalue weighted by Crippen LogP contribution is 2.35. The maximum absolute atomic E-state index is 12.6. The molecule has 1 N–H and O–H groups in total. The molecule has 150 valence electrons. The Bertz CT molecular complexity index is 1040. The molecule has 0 aliphatic heterocycles. The van der Waals surface area contributed by atoms with E-state index in [4.69, 9.17) is 0 Å². The molecule has 0 radical (unpaired) electrons. The Morgan fingerprint density at radius 2 is 1.89 bits per heavy atom. The lowest BCUT2D eigenvalue weighted by Crippen LogP contribution is -2.25. The largest absolute Gasteiger partial charge is 0.452 e. The van der Waals surface area contributed by atoms with Crippen LogP contribution >= 0.6 is 23.1 Å². The van der Waals surface area contributed by atoms with Crippen molar-refractivity contribution in [3.63, 3.8) is 0 Å². The standard InChI is InChI=1S/C17H15F3N2O3S3/c1-26-12-4-2-11(3-5-12)8-9-21-28(23,24)16-7-6-14(27-16)13-10-15(25-22-13)17(18,19)20/h2-7,10,21H,8-9H2,1H3. The van der Waals surface area contributed by atoms with Gasteiger partial charge in [0.15, 0.2) is 0 Å². The van der Waals surface area contributed by atoms with Crippen LogP contribution in [0.5, 0.6) is 0 Å². The number of nitrogens with zero attached hydrogens (tertiary/aromatic N) is 1. The van der Waals surface area contributed by atoms with Crippen molar-refractivity contribution < 1.29 is 26.1 Å². The van der Waals surface area contributed by atoms with Gasteiger partial charge >= 0.3 is 6.18 Å². The second-order valence-corrected chi connectivity index (χ2v) is 9.65. The lowest BCUT2D eigenvalue weighted by atomic mass is 10.2. The van der Waals surface area contributed by atoms with Gasteiger partial charge in [-0.05, 0) is 42.5 Å². The molecule has 0 saturated heterocycles. The van der Waals surface area contributed by atoms with Crippen molar-refractivity contribution in [2.24, 2.45) is 0 Å². The number of sulfonamides is 1. The van der Waals surface area contributed by atoms with Crippen molar-refractivity contribution in [1.82, 2.24) is 9.88 Å². The van der Waals surface area contributed by atoms with Crippen LogP contribution in [0.25, 0.3) is 10.6 Å². The molecular formula is C17H15F3N2O3S3. The van der Waals surface area contributed by atoms with Gasteiger partial charge in [0.25, 0.3) is 0 Å². The molecule has 28 heavy (non-hydrogen) atoms. The second-order valence-electron chi connectivity index (χ2n) is 5.69. The van der Waals surface area contributed by atoms with E-state index in [2.05, 4.69) is 14.4 Å². The summed E-state index contributed by atoms with van der Waals surface area (Å²) >= 11 is 2.45. The van der Waals surface area contributed by atoms with Crippen molar-refractivity contribution in [2.75, 3.05) is 12.8 Å². The van der Waals surface area contributed by atoms with E-state index in [0.29, 0.717) is 6.42 Å². The first-order valence-corrected chi connectivity index (χ1v) is 11.5. The molecule has 0 bridgehead atoms. The second kappa shape index (κ2) is 8.27. The Balaban J connectivity index is 1.65. The predicted octanol–water partition coefficient (Wildman–Crippen LogP) is 4.66. The predicted molar refractivity (Wildman–Crippen MR) is 102 cm³/mol. The number of halogens is 3. The average Bonchev–Trinajstić information content (AvgIpc) is 3.31. The van der Waals surface area contributed by atoms with E-state index in [1.54, 1.807) is 11.8 Å². The zero-order valence-electron chi connectivity index (χ0n) is 14.5. The van der Waals surface area contributed by atoms with E-state index < -0.39 is 22.0 Å². The van der Waals surface area contributed by atoms with Crippen LogP contribution in [-0.4, -0.2) is 26.4 Å². The number of thioether (sulfide) groups is 1. The molecule has 0 saturated carbocycles. The Hall–Kier alpha value is -1.82. The summed E-state index contributed by atoms with van der Waals surface area (Å²) in [6.45, 7) is 0.205. The Morgan fingerprint density at radius 1 is 1.18 bits per heavy atom. The normalized spacial score (nSPS) is 12.4. The third kappa shape index (κ3) is 4.96. The molecule has 11 heteroatoms. The van der Waals surface area contributed by atoms with Crippen LogP contribution < -0.4 is 4.72 Å². The summed E-state index contributed by atoms with van der Waals surface area (Å²) < 4.78 is 69.4. The average molecular weight is 449 g/mol. The zero-order chi connectivity index (χ0) is 20.4. The van der Waals surface area contributed by atoms with Crippen LogP contribution in [0.4, 0.5) is 13.2 Å². The Kier molecular flexibility index (Phi) is 6.18. The third-order valence-corrected chi connectivity index (χ3v) is 7.56. The number of hydrogen-bond donors (Lipinski definition) is 1. The molecular weight excluding hydrogens is 433 g/mol. The fourth-order valence-corrected chi connectivity index (χ4v) is 5.06. The molecule has 2 aromatic heterocycles. The lowest BCUT2D eigenvalue weighted by molar-refractivity contribution is -0.155. The molecule has 2 heterocycles. The van der Waals surface area contributed by atoms with Gasteiger partial charge in [-0.15, -0.1) is 23.1 Å². The number of rotatable bonds is 7. The first kappa shape index (κ1) is 20.9. The highest BCUT2D eigenvalue weighted by Gasteiger charge is 2.36. The van der Waals surface area contributed by atoms with Crippen molar-refractivity contribution in [3.05, 3.63) is 53.8 Å². The fourth-order valence-electron chi connectivity index (χ4n) is 2.32. The van der Waals surface area contributed by atoms with Gasteiger partial charge in [-0.1, -0.05) is 17.3 Å². The van der Waals surface area contributed by atoms with Crippen molar-refractivity contribution >= 4 is 33.1 Å². The Labute approximate surface area is 168 Å². The first-order chi connectivity index (χ1) is 13.2. The highest BCUT2D eigenvalue weighted by molar-refractivity contribution is 7.98. The molecule has 1 aromatic carbocycles. The summed E-state index contributed by atoms with van der Waals surface area (Å²) in [5.74, 6) is -1.23. The number of aromatic nitrogens is 1. The number of thiophene rings is 1. The van der Waals surface area contributed by atoms with Crippen molar-refractivity contribution in [3.8, 4) is 10.6 Å². The summed E-state index contributed by atoms with van der Waals surface area (Å²) in [6.07, 6.45) is -2.15.